The van der Waals surface area contributed by atoms with Crippen LogP contribution in [0.25, 0.3) is 0 Å². The number of nitriles is 2. The van der Waals surface area contributed by atoms with Crippen molar-refractivity contribution in [2.75, 3.05) is 12.5 Å². The van der Waals surface area contributed by atoms with Crippen LogP contribution in [-0.2, 0) is 6.42 Å². The average molecular weight is 414 g/mol. The summed E-state index contributed by atoms with van der Waals surface area (Å²) in [4.78, 5) is 5.31. The van der Waals surface area contributed by atoms with Crippen LogP contribution in [0.5, 0.6) is 11.5 Å². The van der Waals surface area contributed by atoms with E-state index in [4.69, 9.17) is 15.2 Å². The molecule has 0 saturated heterocycles. The van der Waals surface area contributed by atoms with Gasteiger partial charge in [0.2, 0.25) is 6.79 Å². The van der Waals surface area contributed by atoms with Gasteiger partial charge in [0.05, 0.1) is 11.1 Å². The molecule has 0 spiro atoms. The van der Waals surface area contributed by atoms with Gasteiger partial charge in [0, 0.05) is 4.90 Å². The topological polar surface area (TPSA) is 105 Å². The summed E-state index contributed by atoms with van der Waals surface area (Å²) in [5, 5.41) is 20.2. The number of pyridine rings is 1. The van der Waals surface area contributed by atoms with Crippen molar-refractivity contribution >= 4 is 17.6 Å². The van der Waals surface area contributed by atoms with Gasteiger partial charge in [0.15, 0.2) is 11.5 Å². The predicted octanol–water partition coefficient (Wildman–Crippen LogP) is 4.63. The zero-order valence-electron chi connectivity index (χ0n) is 16.3. The highest BCUT2D eigenvalue weighted by atomic mass is 32.2. The van der Waals surface area contributed by atoms with Crippen molar-refractivity contribution < 1.29 is 9.47 Å². The molecular formula is C23H18N4O2S. The first-order valence-electron chi connectivity index (χ1n) is 9.35. The molecule has 1 aliphatic rings. The Morgan fingerprint density at radius 2 is 1.80 bits per heavy atom. The van der Waals surface area contributed by atoms with Crippen molar-refractivity contribution in [2.24, 2.45) is 0 Å². The molecule has 2 aromatic carbocycles. The standard InChI is InChI=1S/C23H18N4O2S/c1-14(9-15-7-8-19-20(10-15)29-13-28-19)21-17(11-24)22(26)27-23(18(21)12-25)30-16-5-3-2-4-6-16/h2-8,10,14H,9,13H2,1H3,(H2,26,27). The van der Waals surface area contributed by atoms with E-state index in [1.54, 1.807) is 0 Å². The molecule has 3 aromatic rings. The fourth-order valence-corrected chi connectivity index (χ4v) is 4.43. The van der Waals surface area contributed by atoms with Gasteiger partial charge in [-0.3, -0.25) is 0 Å². The number of nitrogen functional groups attached to an aromatic ring is 1. The van der Waals surface area contributed by atoms with E-state index in [0.717, 1.165) is 16.2 Å². The number of hydrogen-bond donors (Lipinski definition) is 1. The van der Waals surface area contributed by atoms with Gasteiger partial charge in [0.1, 0.15) is 23.0 Å². The first-order valence-corrected chi connectivity index (χ1v) is 10.2. The van der Waals surface area contributed by atoms with Crippen molar-refractivity contribution in [1.82, 2.24) is 4.98 Å². The molecule has 1 aliphatic heterocycles. The predicted molar refractivity (Wildman–Crippen MR) is 113 cm³/mol. The van der Waals surface area contributed by atoms with Crippen LogP contribution in [0.3, 0.4) is 0 Å². The van der Waals surface area contributed by atoms with E-state index in [0.29, 0.717) is 28.3 Å². The molecule has 0 radical (unpaired) electrons. The van der Waals surface area contributed by atoms with Crippen LogP contribution in [0.15, 0.2) is 58.5 Å². The molecule has 1 aromatic heterocycles. The normalized spacial score (nSPS) is 12.8. The summed E-state index contributed by atoms with van der Waals surface area (Å²) < 4.78 is 10.8. The van der Waals surface area contributed by atoms with E-state index in [-0.39, 0.29) is 24.1 Å². The average Bonchev–Trinajstić information content (AvgIpc) is 3.22. The molecule has 148 valence electrons. The SMILES string of the molecule is CC(Cc1ccc2c(c1)OCO2)c1c(C#N)c(N)nc(Sc2ccccc2)c1C#N. The minimum absolute atomic E-state index is 0.130. The van der Waals surface area contributed by atoms with Gasteiger partial charge < -0.3 is 15.2 Å². The number of ether oxygens (including phenoxy) is 2. The monoisotopic (exact) mass is 414 g/mol. The maximum absolute atomic E-state index is 9.94. The first kappa shape index (κ1) is 19.6. The number of nitrogens with two attached hydrogens (primary N) is 1. The molecule has 0 saturated carbocycles. The third-order valence-electron chi connectivity index (χ3n) is 4.88. The zero-order chi connectivity index (χ0) is 21.1. The number of benzene rings is 2. The Morgan fingerprint density at radius 3 is 2.53 bits per heavy atom. The summed E-state index contributed by atoms with van der Waals surface area (Å²) >= 11 is 1.37. The van der Waals surface area contributed by atoms with Crippen molar-refractivity contribution in [1.29, 1.82) is 10.5 Å². The number of rotatable bonds is 5. The van der Waals surface area contributed by atoms with Crippen molar-refractivity contribution in [3.8, 4) is 23.6 Å². The minimum atomic E-state index is -0.130. The molecule has 0 amide bonds. The van der Waals surface area contributed by atoms with E-state index in [1.165, 1.54) is 11.8 Å². The van der Waals surface area contributed by atoms with Crippen LogP contribution >= 0.6 is 11.8 Å². The number of fused-ring (bicyclic) bond motifs is 1. The van der Waals surface area contributed by atoms with Crippen LogP contribution < -0.4 is 15.2 Å². The van der Waals surface area contributed by atoms with Gasteiger partial charge in [-0.05, 0) is 47.7 Å². The smallest absolute Gasteiger partial charge is 0.231 e. The Bertz CT molecular complexity index is 1180. The number of aromatic nitrogens is 1. The Labute approximate surface area is 178 Å². The maximum Gasteiger partial charge on any atom is 0.231 e. The van der Waals surface area contributed by atoms with Gasteiger partial charge in [-0.15, -0.1) is 0 Å². The lowest BCUT2D eigenvalue weighted by Crippen LogP contribution is -2.10. The van der Waals surface area contributed by atoms with Gasteiger partial charge in [-0.2, -0.15) is 10.5 Å². The maximum atomic E-state index is 9.94. The minimum Gasteiger partial charge on any atom is -0.454 e. The van der Waals surface area contributed by atoms with E-state index in [1.807, 2.05) is 55.5 Å². The fourth-order valence-electron chi connectivity index (χ4n) is 3.52. The van der Waals surface area contributed by atoms with Crippen LogP contribution in [0.2, 0.25) is 0 Å². The highest BCUT2D eigenvalue weighted by Crippen LogP contribution is 2.38. The highest BCUT2D eigenvalue weighted by Gasteiger charge is 2.24. The molecule has 1 unspecified atom stereocenters. The third-order valence-corrected chi connectivity index (χ3v) is 5.88. The molecule has 6 nitrogen and oxygen atoms in total. The molecule has 30 heavy (non-hydrogen) atoms. The van der Waals surface area contributed by atoms with E-state index in [9.17, 15) is 10.5 Å². The molecular weight excluding hydrogens is 396 g/mol. The van der Waals surface area contributed by atoms with Gasteiger partial charge in [-0.25, -0.2) is 4.98 Å². The molecule has 1 atom stereocenters. The molecule has 0 bridgehead atoms. The Hall–Kier alpha value is -3.68. The lowest BCUT2D eigenvalue weighted by atomic mass is 9.88. The van der Waals surface area contributed by atoms with E-state index in [2.05, 4.69) is 17.1 Å². The molecule has 4 rings (SSSR count). The summed E-state index contributed by atoms with van der Waals surface area (Å²) in [6.07, 6.45) is 0.610. The molecule has 2 heterocycles. The molecule has 7 heteroatoms. The molecule has 2 N–H and O–H groups in total. The quantitative estimate of drug-likeness (QED) is 0.649. The van der Waals surface area contributed by atoms with Crippen molar-refractivity contribution in [2.45, 2.75) is 29.2 Å². The van der Waals surface area contributed by atoms with Gasteiger partial charge in [-0.1, -0.05) is 43.0 Å². The summed E-state index contributed by atoms with van der Waals surface area (Å²) in [7, 11) is 0. The molecule has 0 aliphatic carbocycles. The lowest BCUT2D eigenvalue weighted by Gasteiger charge is -2.18. The van der Waals surface area contributed by atoms with Gasteiger partial charge >= 0.3 is 0 Å². The number of nitrogens with zero attached hydrogens (tertiary/aromatic N) is 3. The second-order valence-corrected chi connectivity index (χ2v) is 7.96. The van der Waals surface area contributed by atoms with Crippen LogP contribution in [0.4, 0.5) is 5.82 Å². The third kappa shape index (κ3) is 3.76. The summed E-state index contributed by atoms with van der Waals surface area (Å²) in [5.41, 5.74) is 8.42. The Kier molecular flexibility index (Phi) is 5.47. The second kappa shape index (κ2) is 8.36. The van der Waals surface area contributed by atoms with Gasteiger partial charge in [0.25, 0.3) is 0 Å². The highest BCUT2D eigenvalue weighted by molar-refractivity contribution is 7.99. The van der Waals surface area contributed by atoms with Crippen LogP contribution in [-0.4, -0.2) is 11.8 Å². The molecule has 0 fully saturated rings. The summed E-state index contributed by atoms with van der Waals surface area (Å²) in [6.45, 7) is 2.20. The van der Waals surface area contributed by atoms with E-state index >= 15 is 0 Å². The summed E-state index contributed by atoms with van der Waals surface area (Å²) in [5.74, 6) is 1.43. The van der Waals surface area contributed by atoms with Crippen LogP contribution in [0.1, 0.15) is 35.1 Å². The largest absolute Gasteiger partial charge is 0.454 e. The van der Waals surface area contributed by atoms with Crippen LogP contribution in [0, 0.1) is 22.7 Å². The Balaban J connectivity index is 1.73. The van der Waals surface area contributed by atoms with Crippen molar-refractivity contribution in [3.05, 3.63) is 70.8 Å². The second-order valence-electron chi connectivity index (χ2n) is 6.90. The van der Waals surface area contributed by atoms with Crippen molar-refractivity contribution in [3.63, 3.8) is 0 Å². The number of anilines is 1. The zero-order valence-corrected chi connectivity index (χ0v) is 17.1. The Morgan fingerprint density at radius 1 is 1.07 bits per heavy atom. The lowest BCUT2D eigenvalue weighted by molar-refractivity contribution is 0.174. The number of hydrogen-bond acceptors (Lipinski definition) is 7. The summed E-state index contributed by atoms with van der Waals surface area (Å²) in [6, 6.07) is 19.8. The van der Waals surface area contributed by atoms with E-state index < -0.39 is 0 Å². The fraction of sp³-hybridized carbons (Fsp3) is 0.174. The first-order chi connectivity index (χ1) is 14.6.